The molecule has 0 spiro atoms. The van der Waals surface area contributed by atoms with Crippen LogP contribution in [0.25, 0.3) is 0 Å². The molecule has 5 aliphatic rings. The summed E-state index contributed by atoms with van der Waals surface area (Å²) in [5.74, 6) is -6.06. The van der Waals surface area contributed by atoms with Crippen molar-refractivity contribution in [2.75, 3.05) is 0 Å². The highest BCUT2D eigenvalue weighted by Gasteiger charge is 2.68. The molecule has 1 saturated carbocycles. The second-order valence-corrected chi connectivity index (χ2v) is 9.42. The van der Waals surface area contributed by atoms with Crippen molar-refractivity contribution in [2.45, 2.75) is 13.1 Å². The maximum Gasteiger partial charge on any atom is 0.234 e. The van der Waals surface area contributed by atoms with Crippen molar-refractivity contribution in [3.8, 4) is 0 Å². The fourth-order valence-corrected chi connectivity index (χ4v) is 6.21. The fourth-order valence-electron chi connectivity index (χ4n) is 6.21. The highest BCUT2D eigenvalue weighted by molar-refractivity contribution is 6.10. The van der Waals surface area contributed by atoms with Gasteiger partial charge in [-0.3, -0.25) is 29.0 Å². The van der Waals surface area contributed by atoms with Crippen LogP contribution in [0.1, 0.15) is 11.1 Å². The summed E-state index contributed by atoms with van der Waals surface area (Å²) in [6.07, 6.45) is 3.62. The molecule has 3 aliphatic carbocycles. The van der Waals surface area contributed by atoms with Crippen LogP contribution in [0.3, 0.4) is 0 Å². The molecule has 0 aromatic heterocycles. The quantitative estimate of drug-likeness (QED) is 0.517. The first-order chi connectivity index (χ1) is 16.3. The van der Waals surface area contributed by atoms with Gasteiger partial charge in [-0.05, 0) is 35.4 Å². The van der Waals surface area contributed by atoms with E-state index in [1.165, 1.54) is 58.3 Å². The molecule has 34 heavy (non-hydrogen) atoms. The first kappa shape index (κ1) is 20.9. The Bertz CT molecular complexity index is 1120. The van der Waals surface area contributed by atoms with Gasteiger partial charge in [0.1, 0.15) is 11.6 Å². The van der Waals surface area contributed by atoms with Gasteiger partial charge in [0.2, 0.25) is 23.6 Å². The van der Waals surface area contributed by atoms with Crippen molar-refractivity contribution in [1.29, 1.82) is 0 Å². The molecule has 2 bridgehead atoms. The highest BCUT2D eigenvalue weighted by atomic mass is 19.1. The third-order valence-electron chi connectivity index (χ3n) is 7.70. The van der Waals surface area contributed by atoms with Crippen LogP contribution in [-0.4, -0.2) is 33.4 Å². The number of amides is 4. The van der Waals surface area contributed by atoms with Crippen LogP contribution in [0.4, 0.5) is 8.78 Å². The minimum absolute atomic E-state index is 0.0261. The summed E-state index contributed by atoms with van der Waals surface area (Å²) >= 11 is 0. The lowest BCUT2D eigenvalue weighted by atomic mass is 9.54. The molecule has 7 rings (SSSR count). The predicted octanol–water partition coefficient (Wildman–Crippen LogP) is 2.68. The molecule has 6 nitrogen and oxygen atoms in total. The molecule has 0 N–H and O–H groups in total. The summed E-state index contributed by atoms with van der Waals surface area (Å²) in [6, 6.07) is 11.2. The highest BCUT2D eigenvalue weighted by Crippen LogP contribution is 2.58. The van der Waals surface area contributed by atoms with E-state index in [9.17, 15) is 28.0 Å². The Labute approximate surface area is 193 Å². The predicted molar refractivity (Wildman–Crippen MR) is 114 cm³/mol. The molecule has 172 valence electrons. The lowest BCUT2D eigenvalue weighted by Gasteiger charge is -2.44. The van der Waals surface area contributed by atoms with Gasteiger partial charge in [-0.25, -0.2) is 8.78 Å². The minimum Gasteiger partial charge on any atom is -0.278 e. The van der Waals surface area contributed by atoms with Gasteiger partial charge in [0.15, 0.2) is 0 Å². The van der Waals surface area contributed by atoms with E-state index in [1.807, 2.05) is 12.2 Å². The van der Waals surface area contributed by atoms with Gasteiger partial charge in [0, 0.05) is 11.8 Å². The monoisotopic (exact) mass is 462 g/mol. The fraction of sp³-hybridized carbons (Fsp3) is 0.308. The number of hydrogen-bond donors (Lipinski definition) is 0. The number of hydrogen-bond acceptors (Lipinski definition) is 4. The van der Waals surface area contributed by atoms with E-state index in [0.717, 1.165) is 0 Å². The maximum atomic E-state index is 13.3. The van der Waals surface area contributed by atoms with E-state index in [-0.39, 0.29) is 36.7 Å². The van der Waals surface area contributed by atoms with E-state index in [0.29, 0.717) is 11.1 Å². The lowest BCUT2D eigenvalue weighted by molar-refractivity contribution is -0.140. The Hall–Kier alpha value is -3.68. The van der Waals surface area contributed by atoms with E-state index < -0.39 is 47.1 Å². The van der Waals surface area contributed by atoms with Crippen LogP contribution in [0.2, 0.25) is 0 Å². The summed E-state index contributed by atoms with van der Waals surface area (Å²) in [5.41, 5.74) is 1.25. The molecule has 2 saturated heterocycles. The van der Waals surface area contributed by atoms with Crippen molar-refractivity contribution in [3.05, 3.63) is 83.4 Å². The van der Waals surface area contributed by atoms with Gasteiger partial charge < -0.3 is 0 Å². The molecule has 0 unspecified atom stereocenters. The first-order valence-electron chi connectivity index (χ1n) is 11.2. The number of halogens is 2. The number of carbonyl (C=O) groups is 4. The molecule has 4 amide bonds. The van der Waals surface area contributed by atoms with Crippen molar-refractivity contribution >= 4 is 23.6 Å². The molecule has 2 aromatic carbocycles. The van der Waals surface area contributed by atoms with Crippen LogP contribution in [0, 0.1) is 47.1 Å². The van der Waals surface area contributed by atoms with Crippen molar-refractivity contribution < 1.29 is 28.0 Å². The Morgan fingerprint density at radius 2 is 0.824 bits per heavy atom. The van der Waals surface area contributed by atoms with Gasteiger partial charge >= 0.3 is 0 Å². The number of carbonyl (C=O) groups excluding carboxylic acids is 4. The van der Waals surface area contributed by atoms with Crippen LogP contribution >= 0.6 is 0 Å². The SMILES string of the molecule is O=C1[C@@H]2C3C=CC([C@@H]2C(=O)N1Cc1ccc(F)cc1)[C@@H]1C(=O)N(Cc2ccc(F)cc2)C(=O)[C@H]31. The zero-order chi connectivity index (χ0) is 23.7. The van der Waals surface area contributed by atoms with Crippen molar-refractivity contribution in [3.63, 3.8) is 0 Å². The molecular weight excluding hydrogens is 442 g/mol. The van der Waals surface area contributed by atoms with Gasteiger partial charge in [-0.1, -0.05) is 36.4 Å². The van der Waals surface area contributed by atoms with Crippen LogP contribution < -0.4 is 0 Å². The molecule has 0 radical (unpaired) electrons. The summed E-state index contributed by atoms with van der Waals surface area (Å²) in [6.45, 7) is 0.0522. The minimum atomic E-state index is -0.688. The molecule has 4 atom stereocenters. The number of nitrogens with zero attached hydrogens (tertiary/aromatic N) is 2. The molecule has 3 fully saturated rings. The summed E-state index contributed by atoms with van der Waals surface area (Å²) < 4.78 is 26.5. The van der Waals surface area contributed by atoms with Gasteiger partial charge in [-0.15, -0.1) is 0 Å². The smallest absolute Gasteiger partial charge is 0.234 e. The standard InChI is InChI=1S/C26H20F2N2O4/c27-15-5-1-13(2-6-15)11-29-23(31)19-17-9-10-18(20(19)24(29)32)22-21(17)25(33)30(26(22)34)12-14-3-7-16(28)8-4-14/h1-10,17-22H,11-12H2/t17?,18?,19-,20+,21-,22+. The second-order valence-electron chi connectivity index (χ2n) is 9.42. The number of rotatable bonds is 4. The topological polar surface area (TPSA) is 74.8 Å². The average molecular weight is 462 g/mol. The average Bonchev–Trinajstić information content (AvgIpc) is 3.25. The summed E-state index contributed by atoms with van der Waals surface area (Å²) in [5, 5.41) is 0. The van der Waals surface area contributed by atoms with Crippen molar-refractivity contribution in [1.82, 2.24) is 9.80 Å². The molecule has 2 aliphatic heterocycles. The number of allylic oxidation sites excluding steroid dienone is 2. The van der Waals surface area contributed by atoms with Crippen LogP contribution in [0.15, 0.2) is 60.7 Å². The third-order valence-corrected chi connectivity index (χ3v) is 7.70. The summed E-state index contributed by atoms with van der Waals surface area (Å²) in [4.78, 5) is 55.7. The Balaban J connectivity index is 1.28. The largest absolute Gasteiger partial charge is 0.278 e. The Morgan fingerprint density at radius 3 is 1.12 bits per heavy atom. The van der Waals surface area contributed by atoms with Crippen LogP contribution in [0.5, 0.6) is 0 Å². The van der Waals surface area contributed by atoms with E-state index in [1.54, 1.807) is 0 Å². The molecule has 2 heterocycles. The zero-order valence-corrected chi connectivity index (χ0v) is 17.9. The first-order valence-corrected chi connectivity index (χ1v) is 11.2. The molecular formula is C26H20F2N2O4. The van der Waals surface area contributed by atoms with Gasteiger partial charge in [0.25, 0.3) is 0 Å². The normalized spacial score (nSPS) is 31.5. The third kappa shape index (κ3) is 2.90. The van der Waals surface area contributed by atoms with Gasteiger partial charge in [-0.2, -0.15) is 0 Å². The second kappa shape index (κ2) is 7.41. The van der Waals surface area contributed by atoms with E-state index >= 15 is 0 Å². The molecule has 2 aromatic rings. The lowest BCUT2D eigenvalue weighted by Crippen LogP contribution is -2.50. The number of likely N-dealkylation sites (tertiary alicyclic amines) is 2. The Kier molecular flexibility index (Phi) is 4.56. The Morgan fingerprint density at radius 1 is 0.529 bits per heavy atom. The van der Waals surface area contributed by atoms with Crippen LogP contribution in [-0.2, 0) is 32.3 Å². The van der Waals surface area contributed by atoms with E-state index in [2.05, 4.69) is 0 Å². The maximum absolute atomic E-state index is 13.3. The van der Waals surface area contributed by atoms with Gasteiger partial charge in [0.05, 0.1) is 36.8 Å². The number of benzene rings is 2. The molecule has 8 heteroatoms. The zero-order valence-electron chi connectivity index (χ0n) is 17.9. The number of imide groups is 2. The van der Waals surface area contributed by atoms with Crippen molar-refractivity contribution in [2.24, 2.45) is 35.5 Å². The van der Waals surface area contributed by atoms with E-state index in [4.69, 9.17) is 0 Å². The summed E-state index contributed by atoms with van der Waals surface area (Å²) in [7, 11) is 0.